The van der Waals surface area contributed by atoms with Crippen LogP contribution < -0.4 is 10.5 Å². The Morgan fingerprint density at radius 3 is 2.33 bits per heavy atom. The molecular weight excluding hydrogens is 326 g/mol. The highest BCUT2D eigenvalue weighted by Crippen LogP contribution is 2.33. The van der Waals surface area contributed by atoms with Gasteiger partial charge in [0.2, 0.25) is 0 Å². The molecule has 0 saturated heterocycles. The fraction of sp³-hybridized carbons (Fsp3) is 0.333. The van der Waals surface area contributed by atoms with Gasteiger partial charge in [-0.1, -0.05) is 54.9 Å². The van der Waals surface area contributed by atoms with Crippen LogP contribution >= 0.6 is 15.9 Å². The first-order chi connectivity index (χ1) is 9.81. The van der Waals surface area contributed by atoms with Crippen LogP contribution in [-0.4, -0.2) is 0 Å². The van der Waals surface area contributed by atoms with Crippen LogP contribution in [0.5, 0.6) is 11.5 Å². The Hall–Kier alpha value is -1.32. The summed E-state index contributed by atoms with van der Waals surface area (Å²) in [6, 6.07) is 12.3. The molecule has 2 rings (SSSR count). The van der Waals surface area contributed by atoms with Gasteiger partial charge >= 0.3 is 0 Å². The summed E-state index contributed by atoms with van der Waals surface area (Å²) < 4.78 is 7.05. The van der Waals surface area contributed by atoms with Crippen molar-refractivity contribution in [1.82, 2.24) is 0 Å². The van der Waals surface area contributed by atoms with E-state index in [4.69, 9.17) is 10.5 Å². The van der Waals surface area contributed by atoms with Crippen molar-refractivity contribution in [2.75, 3.05) is 0 Å². The van der Waals surface area contributed by atoms with Crippen LogP contribution in [0.4, 0.5) is 0 Å². The fourth-order valence-corrected chi connectivity index (χ4v) is 2.48. The molecular formula is C18H22BrNO. The molecule has 0 amide bonds. The van der Waals surface area contributed by atoms with E-state index in [1.807, 2.05) is 24.3 Å². The minimum absolute atomic E-state index is 0.140. The molecule has 2 aromatic carbocycles. The average molecular weight is 348 g/mol. The zero-order valence-corrected chi connectivity index (χ0v) is 14.6. The number of ether oxygens (including phenoxy) is 1. The number of nitrogens with two attached hydrogens (primary N) is 1. The lowest BCUT2D eigenvalue weighted by Gasteiger charge is -2.21. The Morgan fingerprint density at radius 2 is 1.76 bits per heavy atom. The molecule has 0 aromatic heterocycles. The summed E-state index contributed by atoms with van der Waals surface area (Å²) in [5.41, 5.74) is 9.35. The molecule has 0 bridgehead atoms. The second-order valence-electron chi connectivity index (χ2n) is 6.29. The van der Waals surface area contributed by atoms with Crippen molar-refractivity contribution in [3.05, 3.63) is 57.6 Å². The van der Waals surface area contributed by atoms with Crippen LogP contribution in [0.3, 0.4) is 0 Å². The van der Waals surface area contributed by atoms with Gasteiger partial charge in [-0.25, -0.2) is 0 Å². The number of rotatable bonds is 3. The van der Waals surface area contributed by atoms with E-state index in [2.05, 4.69) is 55.8 Å². The maximum absolute atomic E-state index is 6.07. The standard InChI is InChI=1S/C18H22BrNO/c1-12-9-14(18(2,3)4)6-8-16(12)21-17-10-15(19)7-5-13(17)11-20/h5-10H,11,20H2,1-4H3. The van der Waals surface area contributed by atoms with Crippen molar-refractivity contribution in [2.45, 2.75) is 39.7 Å². The third kappa shape index (κ3) is 3.86. The van der Waals surface area contributed by atoms with Crippen molar-refractivity contribution in [3.8, 4) is 11.5 Å². The van der Waals surface area contributed by atoms with Gasteiger partial charge in [0.05, 0.1) is 0 Å². The zero-order valence-electron chi connectivity index (χ0n) is 13.0. The zero-order chi connectivity index (χ0) is 15.6. The smallest absolute Gasteiger partial charge is 0.133 e. The highest BCUT2D eigenvalue weighted by molar-refractivity contribution is 9.10. The predicted molar refractivity (Wildman–Crippen MR) is 92.0 cm³/mol. The third-order valence-corrected chi connectivity index (χ3v) is 4.00. The Bertz CT molecular complexity index is 644. The largest absolute Gasteiger partial charge is 0.457 e. The molecule has 0 radical (unpaired) electrons. The first-order valence-electron chi connectivity index (χ1n) is 7.09. The summed E-state index contributed by atoms with van der Waals surface area (Å²) in [6.07, 6.45) is 0. The van der Waals surface area contributed by atoms with E-state index in [9.17, 15) is 0 Å². The van der Waals surface area contributed by atoms with E-state index >= 15 is 0 Å². The monoisotopic (exact) mass is 347 g/mol. The molecule has 112 valence electrons. The molecule has 2 nitrogen and oxygen atoms in total. The van der Waals surface area contributed by atoms with Crippen LogP contribution in [0.25, 0.3) is 0 Å². The van der Waals surface area contributed by atoms with Crippen molar-refractivity contribution < 1.29 is 4.74 Å². The number of hydrogen-bond acceptors (Lipinski definition) is 2. The molecule has 2 N–H and O–H groups in total. The molecule has 21 heavy (non-hydrogen) atoms. The fourth-order valence-electron chi connectivity index (χ4n) is 2.14. The first kappa shape index (κ1) is 16.1. The van der Waals surface area contributed by atoms with E-state index in [0.717, 1.165) is 27.1 Å². The van der Waals surface area contributed by atoms with Crippen molar-refractivity contribution >= 4 is 15.9 Å². The highest BCUT2D eigenvalue weighted by Gasteiger charge is 2.15. The molecule has 0 aliphatic heterocycles. The normalized spacial score (nSPS) is 11.5. The van der Waals surface area contributed by atoms with Gasteiger partial charge in [0.25, 0.3) is 0 Å². The lowest BCUT2D eigenvalue weighted by molar-refractivity contribution is 0.471. The van der Waals surface area contributed by atoms with Gasteiger partial charge in [-0.2, -0.15) is 0 Å². The minimum atomic E-state index is 0.140. The van der Waals surface area contributed by atoms with E-state index in [1.54, 1.807) is 0 Å². The van der Waals surface area contributed by atoms with Gasteiger partial charge in [0.1, 0.15) is 11.5 Å². The summed E-state index contributed by atoms with van der Waals surface area (Å²) in [7, 11) is 0. The van der Waals surface area contributed by atoms with Crippen LogP contribution in [0.15, 0.2) is 40.9 Å². The lowest BCUT2D eigenvalue weighted by Crippen LogP contribution is -2.11. The number of benzene rings is 2. The summed E-state index contributed by atoms with van der Waals surface area (Å²) in [5, 5.41) is 0. The Morgan fingerprint density at radius 1 is 1.05 bits per heavy atom. The van der Waals surface area contributed by atoms with Crippen LogP contribution in [0, 0.1) is 6.92 Å². The summed E-state index contributed by atoms with van der Waals surface area (Å²) in [6.45, 7) is 9.17. The molecule has 3 heteroatoms. The number of hydrogen-bond donors (Lipinski definition) is 1. The third-order valence-electron chi connectivity index (χ3n) is 3.51. The molecule has 0 spiro atoms. The molecule has 0 heterocycles. The summed E-state index contributed by atoms with van der Waals surface area (Å²) in [5.74, 6) is 1.68. The molecule has 0 aliphatic carbocycles. The Kier molecular flexibility index (Phi) is 4.74. The lowest BCUT2D eigenvalue weighted by atomic mass is 9.86. The molecule has 0 saturated carbocycles. The summed E-state index contributed by atoms with van der Waals surface area (Å²) in [4.78, 5) is 0. The van der Waals surface area contributed by atoms with Gasteiger partial charge in [-0.05, 0) is 41.7 Å². The van der Waals surface area contributed by atoms with Gasteiger partial charge < -0.3 is 10.5 Å². The van der Waals surface area contributed by atoms with Crippen molar-refractivity contribution in [2.24, 2.45) is 5.73 Å². The molecule has 0 atom stereocenters. The molecule has 2 aromatic rings. The number of aryl methyl sites for hydroxylation is 1. The van der Waals surface area contributed by atoms with E-state index in [0.29, 0.717) is 6.54 Å². The van der Waals surface area contributed by atoms with Crippen molar-refractivity contribution in [1.29, 1.82) is 0 Å². The topological polar surface area (TPSA) is 35.2 Å². The Labute approximate surface area is 135 Å². The minimum Gasteiger partial charge on any atom is -0.457 e. The second kappa shape index (κ2) is 6.20. The SMILES string of the molecule is Cc1cc(C(C)(C)C)ccc1Oc1cc(Br)ccc1CN. The molecule has 0 fully saturated rings. The van der Waals surface area contributed by atoms with Crippen LogP contribution in [-0.2, 0) is 12.0 Å². The van der Waals surface area contributed by atoms with E-state index < -0.39 is 0 Å². The van der Waals surface area contributed by atoms with Gasteiger partial charge in [-0.15, -0.1) is 0 Å². The van der Waals surface area contributed by atoms with Crippen LogP contribution in [0.1, 0.15) is 37.5 Å². The average Bonchev–Trinajstić information content (AvgIpc) is 2.40. The molecule has 0 unspecified atom stereocenters. The predicted octanol–water partition coefficient (Wildman–Crippen LogP) is 5.31. The molecule has 0 aliphatic rings. The highest BCUT2D eigenvalue weighted by atomic mass is 79.9. The second-order valence-corrected chi connectivity index (χ2v) is 7.20. The number of halogens is 1. The van der Waals surface area contributed by atoms with E-state index in [-0.39, 0.29) is 5.41 Å². The van der Waals surface area contributed by atoms with Gasteiger partial charge in [0, 0.05) is 16.6 Å². The summed E-state index contributed by atoms with van der Waals surface area (Å²) >= 11 is 3.47. The van der Waals surface area contributed by atoms with E-state index in [1.165, 1.54) is 5.56 Å². The Balaban J connectivity index is 2.34. The quantitative estimate of drug-likeness (QED) is 0.816. The van der Waals surface area contributed by atoms with Gasteiger partial charge in [-0.3, -0.25) is 0 Å². The maximum Gasteiger partial charge on any atom is 0.133 e. The first-order valence-corrected chi connectivity index (χ1v) is 7.88. The van der Waals surface area contributed by atoms with Crippen LogP contribution in [0.2, 0.25) is 0 Å². The van der Waals surface area contributed by atoms with Crippen molar-refractivity contribution in [3.63, 3.8) is 0 Å². The van der Waals surface area contributed by atoms with Gasteiger partial charge in [0.15, 0.2) is 0 Å². The maximum atomic E-state index is 6.07.